The van der Waals surface area contributed by atoms with Crippen molar-refractivity contribution < 1.29 is 4.74 Å². The van der Waals surface area contributed by atoms with Gasteiger partial charge in [-0.2, -0.15) is 0 Å². The van der Waals surface area contributed by atoms with Gasteiger partial charge in [0.15, 0.2) is 5.76 Å². The van der Waals surface area contributed by atoms with E-state index in [0.717, 1.165) is 39.7 Å². The predicted octanol–water partition coefficient (Wildman–Crippen LogP) is 11.7. The molecule has 0 radical (unpaired) electrons. The van der Waals surface area contributed by atoms with Crippen molar-refractivity contribution in [2.75, 3.05) is 0 Å². The lowest BCUT2D eigenvalue weighted by molar-refractivity contribution is 0.420. The summed E-state index contributed by atoms with van der Waals surface area (Å²) >= 11 is 0. The fourth-order valence-corrected chi connectivity index (χ4v) is 9.75. The molecular weight excluding hydrogens is 657 g/mol. The highest BCUT2D eigenvalue weighted by Crippen LogP contribution is 2.65. The number of nitrogens with zero attached hydrogens (tertiary/aromatic N) is 1. The van der Waals surface area contributed by atoms with Gasteiger partial charge in [0.25, 0.3) is 0 Å². The van der Waals surface area contributed by atoms with Crippen LogP contribution in [0, 0.1) is 0 Å². The summed E-state index contributed by atoms with van der Waals surface area (Å²) in [6.07, 6.45) is 0. The zero-order valence-electron chi connectivity index (χ0n) is 29.3. The third-order valence-corrected chi connectivity index (χ3v) is 11.9. The Hall–Kier alpha value is -6.97. The fourth-order valence-electron chi connectivity index (χ4n) is 9.75. The molecule has 1 unspecified atom stereocenters. The highest BCUT2D eigenvalue weighted by atomic mass is 16.5. The first-order valence-electron chi connectivity index (χ1n) is 18.7. The molecule has 0 saturated heterocycles. The number of aliphatic imine (C=N–C) groups is 1. The number of hydrogen-bond acceptors (Lipinski definition) is 3. The van der Waals surface area contributed by atoms with E-state index >= 15 is 0 Å². The molecule has 1 spiro atoms. The van der Waals surface area contributed by atoms with Gasteiger partial charge >= 0.3 is 0 Å². The Morgan fingerprint density at radius 1 is 0.481 bits per heavy atom. The molecule has 0 fully saturated rings. The number of benzene rings is 8. The zero-order chi connectivity index (χ0) is 35.4. The summed E-state index contributed by atoms with van der Waals surface area (Å²) < 4.78 is 6.71. The van der Waals surface area contributed by atoms with E-state index in [-0.39, 0.29) is 6.04 Å². The lowest BCUT2D eigenvalue weighted by Gasteiger charge is -2.31. The molecule has 2 aliphatic carbocycles. The molecule has 3 heteroatoms. The molecule has 4 aliphatic rings. The average Bonchev–Trinajstić information content (AvgIpc) is 3.87. The quantitative estimate of drug-likeness (QED) is 0.200. The summed E-state index contributed by atoms with van der Waals surface area (Å²) in [5, 5.41) is 6.24. The molecule has 252 valence electrons. The Labute approximate surface area is 313 Å². The Kier molecular flexibility index (Phi) is 6.04. The van der Waals surface area contributed by atoms with Gasteiger partial charge in [0, 0.05) is 16.7 Å². The third kappa shape index (κ3) is 3.88. The summed E-state index contributed by atoms with van der Waals surface area (Å²) in [4.78, 5) is 5.40. The Balaban J connectivity index is 1.20. The Morgan fingerprint density at radius 2 is 1.13 bits per heavy atom. The number of fused-ring (bicyclic) bond motifs is 14. The van der Waals surface area contributed by atoms with E-state index in [0.29, 0.717) is 0 Å². The van der Waals surface area contributed by atoms with Gasteiger partial charge in [0.1, 0.15) is 23.3 Å². The minimum atomic E-state index is -0.537. The van der Waals surface area contributed by atoms with E-state index in [4.69, 9.17) is 9.73 Å². The van der Waals surface area contributed by atoms with Gasteiger partial charge in [0.05, 0.1) is 5.41 Å². The van der Waals surface area contributed by atoms with Crippen molar-refractivity contribution in [3.05, 3.63) is 227 Å². The average molecular weight is 689 g/mol. The predicted molar refractivity (Wildman–Crippen MR) is 219 cm³/mol. The summed E-state index contributed by atoms with van der Waals surface area (Å²) in [5.41, 5.74) is 16.4. The van der Waals surface area contributed by atoms with Crippen LogP contribution in [-0.4, -0.2) is 5.84 Å². The van der Waals surface area contributed by atoms with Gasteiger partial charge in [-0.05, 0) is 84.6 Å². The number of ether oxygens (including phenoxy) is 1. The SMILES string of the molecule is c1ccc(C2=NC(c3ccc4c(c3)C3(c5ccccc5-c5ccccc53)c3cc5ccccc5c(-c5ccccc5)c3-4)=C3Oc4ccccc4C3N2)cc1. The van der Waals surface area contributed by atoms with Crippen LogP contribution in [0.2, 0.25) is 0 Å². The number of hydrogen-bond donors (Lipinski definition) is 1. The largest absolute Gasteiger partial charge is 0.456 e. The van der Waals surface area contributed by atoms with Crippen molar-refractivity contribution in [1.29, 1.82) is 0 Å². The minimum absolute atomic E-state index is 0.147. The van der Waals surface area contributed by atoms with Gasteiger partial charge in [-0.15, -0.1) is 0 Å². The number of nitrogens with one attached hydrogen (secondary N) is 1. The second-order valence-corrected chi connectivity index (χ2v) is 14.6. The van der Waals surface area contributed by atoms with Crippen LogP contribution in [0.25, 0.3) is 49.9 Å². The first kappa shape index (κ1) is 29.6. The monoisotopic (exact) mass is 688 g/mol. The molecule has 12 rings (SSSR count). The molecule has 0 amide bonds. The smallest absolute Gasteiger partial charge is 0.157 e. The second-order valence-electron chi connectivity index (χ2n) is 14.6. The molecule has 0 aromatic heterocycles. The summed E-state index contributed by atoms with van der Waals surface area (Å²) in [6.45, 7) is 0. The van der Waals surface area contributed by atoms with E-state index in [1.807, 2.05) is 12.1 Å². The highest BCUT2D eigenvalue weighted by molar-refractivity contribution is 6.11. The van der Waals surface area contributed by atoms with Crippen molar-refractivity contribution in [2.45, 2.75) is 11.5 Å². The molecular formula is C51H32N2O. The van der Waals surface area contributed by atoms with Crippen LogP contribution < -0.4 is 10.1 Å². The van der Waals surface area contributed by atoms with Crippen LogP contribution in [0.5, 0.6) is 5.75 Å². The molecule has 1 atom stereocenters. The molecule has 1 N–H and O–H groups in total. The maximum Gasteiger partial charge on any atom is 0.157 e. The van der Waals surface area contributed by atoms with Crippen LogP contribution in [0.1, 0.15) is 45.0 Å². The maximum atomic E-state index is 6.71. The number of para-hydroxylation sites is 1. The van der Waals surface area contributed by atoms with Crippen molar-refractivity contribution in [3.8, 4) is 39.1 Å². The zero-order valence-corrected chi connectivity index (χ0v) is 29.3. The molecule has 8 aromatic carbocycles. The second kappa shape index (κ2) is 11.0. The van der Waals surface area contributed by atoms with Gasteiger partial charge < -0.3 is 10.1 Å². The number of amidine groups is 1. The lowest BCUT2D eigenvalue weighted by atomic mass is 9.69. The maximum absolute atomic E-state index is 6.71. The van der Waals surface area contributed by atoms with E-state index < -0.39 is 5.41 Å². The standard InChI is InChI=1S/C51H32N2O/c1-3-15-31(16-4-1)45-35-20-8-7-19-33(35)29-43-46(45)38-28-27-34(30-42(38)51(43)40-24-12-9-21-36(40)37-22-10-13-25-41(37)51)47-49-48(39-23-11-14-26-44(39)54-49)53-50(52-47)32-17-5-2-6-18-32/h1-30,48H,(H,52,53). The first-order chi connectivity index (χ1) is 26.8. The van der Waals surface area contributed by atoms with E-state index in [1.165, 1.54) is 66.4 Å². The van der Waals surface area contributed by atoms with Crippen LogP contribution >= 0.6 is 0 Å². The number of rotatable bonds is 3. The van der Waals surface area contributed by atoms with Gasteiger partial charge in [-0.1, -0.05) is 164 Å². The van der Waals surface area contributed by atoms with Crippen LogP contribution in [0.4, 0.5) is 0 Å². The summed E-state index contributed by atoms with van der Waals surface area (Å²) in [6, 6.07) is 66.0. The molecule has 0 saturated carbocycles. The molecule has 2 heterocycles. The Bertz CT molecular complexity index is 2890. The minimum Gasteiger partial charge on any atom is -0.456 e. The van der Waals surface area contributed by atoms with E-state index in [9.17, 15) is 0 Å². The van der Waals surface area contributed by atoms with Crippen molar-refractivity contribution >= 4 is 22.3 Å². The fraction of sp³-hybridized carbons (Fsp3) is 0.0392. The van der Waals surface area contributed by atoms with Gasteiger partial charge in [0.2, 0.25) is 0 Å². The van der Waals surface area contributed by atoms with Crippen molar-refractivity contribution in [3.63, 3.8) is 0 Å². The van der Waals surface area contributed by atoms with E-state index in [1.54, 1.807) is 0 Å². The van der Waals surface area contributed by atoms with Crippen molar-refractivity contribution in [2.24, 2.45) is 4.99 Å². The third-order valence-electron chi connectivity index (χ3n) is 11.9. The normalized spacial score (nSPS) is 16.4. The molecule has 8 aromatic rings. The lowest BCUT2D eigenvalue weighted by Crippen LogP contribution is -2.33. The van der Waals surface area contributed by atoms with Gasteiger partial charge in [-0.25, -0.2) is 4.99 Å². The van der Waals surface area contributed by atoms with E-state index in [2.05, 4.69) is 175 Å². The van der Waals surface area contributed by atoms with Crippen LogP contribution in [0.15, 0.2) is 193 Å². The molecule has 3 nitrogen and oxygen atoms in total. The summed E-state index contributed by atoms with van der Waals surface area (Å²) in [7, 11) is 0. The first-order valence-corrected chi connectivity index (χ1v) is 18.7. The molecule has 0 bridgehead atoms. The molecule has 54 heavy (non-hydrogen) atoms. The van der Waals surface area contributed by atoms with Crippen LogP contribution in [0.3, 0.4) is 0 Å². The highest BCUT2D eigenvalue weighted by Gasteiger charge is 2.53. The van der Waals surface area contributed by atoms with Crippen molar-refractivity contribution in [1.82, 2.24) is 5.32 Å². The topological polar surface area (TPSA) is 33.6 Å². The Morgan fingerprint density at radius 3 is 1.91 bits per heavy atom. The van der Waals surface area contributed by atoms with Gasteiger partial charge in [-0.3, -0.25) is 0 Å². The summed E-state index contributed by atoms with van der Waals surface area (Å²) in [5.74, 6) is 2.55. The molecule has 2 aliphatic heterocycles. The van der Waals surface area contributed by atoms with Crippen LogP contribution in [-0.2, 0) is 5.41 Å².